The van der Waals surface area contributed by atoms with E-state index in [9.17, 15) is 9.59 Å². The van der Waals surface area contributed by atoms with Gasteiger partial charge < -0.3 is 10.3 Å². The van der Waals surface area contributed by atoms with Crippen LogP contribution in [0.25, 0.3) is 0 Å². The minimum atomic E-state index is -0.193. The predicted molar refractivity (Wildman–Crippen MR) is 105 cm³/mol. The van der Waals surface area contributed by atoms with Crippen LogP contribution in [-0.2, 0) is 17.1 Å². The van der Waals surface area contributed by atoms with Gasteiger partial charge >= 0.3 is 0 Å². The highest BCUT2D eigenvalue weighted by Crippen LogP contribution is 2.16. The maximum atomic E-state index is 12.0. The van der Waals surface area contributed by atoms with Crippen molar-refractivity contribution in [3.63, 3.8) is 0 Å². The average Bonchev–Trinajstić information content (AvgIpc) is 2.59. The molecule has 0 atom stereocenters. The summed E-state index contributed by atoms with van der Waals surface area (Å²) in [6.45, 7) is 2.48. The Hall–Kier alpha value is -1.44. The Morgan fingerprint density at radius 2 is 2.16 bits per heavy atom. The molecule has 0 spiro atoms. The number of nitrogens with zero attached hydrogens (tertiary/aromatic N) is 1. The number of halogens is 1. The molecule has 1 heterocycles. The van der Waals surface area contributed by atoms with Crippen LogP contribution >= 0.6 is 35.1 Å². The fourth-order valence-electron chi connectivity index (χ4n) is 1.97. The SMILES string of the molecule is CCCSCc1cc(=O)[nH]c(SCC(=O)NCc2ccccc2Cl)n1. The van der Waals surface area contributed by atoms with Gasteiger partial charge in [0.15, 0.2) is 5.16 Å². The maximum Gasteiger partial charge on any atom is 0.251 e. The summed E-state index contributed by atoms with van der Waals surface area (Å²) in [5.41, 5.74) is 1.41. The Kier molecular flexibility index (Phi) is 8.37. The summed E-state index contributed by atoms with van der Waals surface area (Å²) in [5, 5.41) is 3.90. The molecule has 1 aromatic heterocycles. The standard InChI is InChI=1S/C17H20ClN3O2S2/c1-2-7-24-10-13-8-15(22)21-17(20-13)25-11-16(23)19-9-12-5-3-4-6-14(12)18/h3-6,8H,2,7,9-11H2,1H3,(H,19,23)(H,20,21,22). The van der Waals surface area contributed by atoms with Gasteiger partial charge in [-0.1, -0.05) is 48.5 Å². The second-order valence-corrected chi connectivity index (χ2v) is 7.73. The van der Waals surface area contributed by atoms with E-state index in [1.807, 2.05) is 18.2 Å². The van der Waals surface area contributed by atoms with E-state index in [1.165, 1.54) is 17.8 Å². The third-order valence-electron chi connectivity index (χ3n) is 3.15. The molecule has 5 nitrogen and oxygen atoms in total. The van der Waals surface area contributed by atoms with Gasteiger partial charge in [-0.3, -0.25) is 9.59 Å². The molecule has 0 bridgehead atoms. The normalized spacial score (nSPS) is 10.6. The van der Waals surface area contributed by atoms with Crippen molar-refractivity contribution in [3.05, 3.63) is 57.0 Å². The number of rotatable bonds is 9. The third-order valence-corrected chi connectivity index (χ3v) is 5.58. The number of nitrogens with one attached hydrogen (secondary N) is 2. The number of aromatic amines is 1. The van der Waals surface area contributed by atoms with Gasteiger partial charge in [0.05, 0.1) is 11.4 Å². The molecule has 0 fully saturated rings. The molecule has 134 valence electrons. The second kappa shape index (κ2) is 10.5. The smallest absolute Gasteiger partial charge is 0.251 e. The molecule has 0 saturated heterocycles. The molecule has 0 radical (unpaired) electrons. The van der Waals surface area contributed by atoms with Crippen LogP contribution in [-0.4, -0.2) is 27.4 Å². The Bertz CT molecular complexity index is 768. The fraction of sp³-hybridized carbons (Fsp3) is 0.353. The molecular weight excluding hydrogens is 378 g/mol. The first-order valence-electron chi connectivity index (χ1n) is 7.89. The number of carbonyl (C=O) groups is 1. The summed E-state index contributed by atoms with van der Waals surface area (Å²) in [6, 6.07) is 8.88. The number of amides is 1. The van der Waals surface area contributed by atoms with Crippen LogP contribution in [0.2, 0.25) is 5.02 Å². The zero-order valence-corrected chi connectivity index (χ0v) is 16.3. The highest BCUT2D eigenvalue weighted by atomic mass is 35.5. The zero-order chi connectivity index (χ0) is 18.1. The molecule has 1 aromatic carbocycles. The van der Waals surface area contributed by atoms with E-state index < -0.39 is 0 Å². The van der Waals surface area contributed by atoms with Crippen LogP contribution in [0.5, 0.6) is 0 Å². The molecular formula is C17H20ClN3O2S2. The van der Waals surface area contributed by atoms with Crippen molar-refractivity contribution in [1.29, 1.82) is 0 Å². The molecule has 2 N–H and O–H groups in total. The van der Waals surface area contributed by atoms with Gasteiger partial charge in [-0.2, -0.15) is 11.8 Å². The number of benzene rings is 1. The number of hydrogen-bond donors (Lipinski definition) is 2. The number of thioether (sulfide) groups is 2. The van der Waals surface area contributed by atoms with Crippen LogP contribution in [0.4, 0.5) is 0 Å². The lowest BCUT2D eigenvalue weighted by atomic mass is 10.2. The molecule has 25 heavy (non-hydrogen) atoms. The molecule has 0 aliphatic heterocycles. The van der Waals surface area contributed by atoms with Crippen LogP contribution in [0, 0.1) is 0 Å². The summed E-state index contributed by atoms with van der Waals surface area (Å²) < 4.78 is 0. The van der Waals surface area contributed by atoms with E-state index in [4.69, 9.17) is 11.6 Å². The summed E-state index contributed by atoms with van der Waals surface area (Å²) in [5.74, 6) is 1.77. The topological polar surface area (TPSA) is 74.8 Å². The van der Waals surface area contributed by atoms with Gasteiger partial charge in [-0.05, 0) is 23.8 Å². The minimum Gasteiger partial charge on any atom is -0.351 e. The van der Waals surface area contributed by atoms with Crippen molar-refractivity contribution in [1.82, 2.24) is 15.3 Å². The van der Waals surface area contributed by atoms with E-state index in [0.717, 1.165) is 23.4 Å². The monoisotopic (exact) mass is 397 g/mol. The van der Waals surface area contributed by atoms with Gasteiger partial charge in [0.1, 0.15) is 0 Å². The van der Waals surface area contributed by atoms with Crippen LogP contribution in [0.1, 0.15) is 24.6 Å². The van der Waals surface area contributed by atoms with Crippen molar-refractivity contribution < 1.29 is 4.79 Å². The lowest BCUT2D eigenvalue weighted by Crippen LogP contribution is -2.25. The Morgan fingerprint density at radius 1 is 1.36 bits per heavy atom. The number of hydrogen-bond acceptors (Lipinski definition) is 5. The fourth-order valence-corrected chi connectivity index (χ4v) is 3.68. The van der Waals surface area contributed by atoms with E-state index in [0.29, 0.717) is 22.5 Å². The van der Waals surface area contributed by atoms with E-state index in [2.05, 4.69) is 22.2 Å². The lowest BCUT2D eigenvalue weighted by Gasteiger charge is -2.07. The van der Waals surface area contributed by atoms with Crippen molar-refractivity contribution >= 4 is 41.0 Å². The minimum absolute atomic E-state index is 0.140. The molecule has 1 amide bonds. The quantitative estimate of drug-likeness (QED) is 0.385. The summed E-state index contributed by atoms with van der Waals surface area (Å²) in [4.78, 5) is 30.7. The van der Waals surface area contributed by atoms with Gasteiger partial charge in [-0.15, -0.1) is 0 Å². The lowest BCUT2D eigenvalue weighted by molar-refractivity contribution is -0.118. The molecule has 0 aliphatic carbocycles. The largest absolute Gasteiger partial charge is 0.351 e. The summed E-state index contributed by atoms with van der Waals surface area (Å²) in [7, 11) is 0. The molecule has 2 rings (SSSR count). The number of H-pyrrole nitrogens is 1. The van der Waals surface area contributed by atoms with Crippen molar-refractivity contribution in [2.24, 2.45) is 0 Å². The molecule has 2 aromatic rings. The number of aromatic nitrogens is 2. The van der Waals surface area contributed by atoms with Crippen LogP contribution < -0.4 is 10.9 Å². The molecule has 0 saturated carbocycles. The average molecular weight is 398 g/mol. The van der Waals surface area contributed by atoms with Gasteiger partial charge in [-0.25, -0.2) is 4.98 Å². The van der Waals surface area contributed by atoms with Crippen molar-refractivity contribution in [3.8, 4) is 0 Å². The van der Waals surface area contributed by atoms with E-state index in [1.54, 1.807) is 17.8 Å². The van der Waals surface area contributed by atoms with Crippen LogP contribution in [0.15, 0.2) is 40.3 Å². The van der Waals surface area contributed by atoms with Crippen molar-refractivity contribution in [2.45, 2.75) is 30.8 Å². The Balaban J connectivity index is 1.84. The zero-order valence-electron chi connectivity index (χ0n) is 13.9. The Morgan fingerprint density at radius 3 is 2.92 bits per heavy atom. The van der Waals surface area contributed by atoms with Crippen molar-refractivity contribution in [2.75, 3.05) is 11.5 Å². The number of carbonyl (C=O) groups excluding carboxylic acids is 1. The molecule has 0 unspecified atom stereocenters. The second-order valence-electron chi connectivity index (χ2n) is 5.25. The van der Waals surface area contributed by atoms with Gasteiger partial charge in [0, 0.05) is 23.4 Å². The first kappa shape index (κ1) is 19.9. The molecule has 8 heteroatoms. The van der Waals surface area contributed by atoms with E-state index >= 15 is 0 Å². The van der Waals surface area contributed by atoms with E-state index in [-0.39, 0.29) is 17.2 Å². The third kappa shape index (κ3) is 7.13. The first-order valence-corrected chi connectivity index (χ1v) is 10.4. The first-order chi connectivity index (χ1) is 12.1. The predicted octanol–water partition coefficient (Wildman–Crippen LogP) is 3.48. The molecule has 0 aliphatic rings. The summed E-state index contributed by atoms with van der Waals surface area (Å²) in [6.07, 6.45) is 1.08. The Labute approximate surface area is 160 Å². The van der Waals surface area contributed by atoms with Gasteiger partial charge in [0.2, 0.25) is 5.91 Å². The summed E-state index contributed by atoms with van der Waals surface area (Å²) >= 11 is 9.01. The highest BCUT2D eigenvalue weighted by molar-refractivity contribution is 7.99. The van der Waals surface area contributed by atoms with Gasteiger partial charge in [0.25, 0.3) is 5.56 Å². The highest BCUT2D eigenvalue weighted by Gasteiger charge is 2.07. The van der Waals surface area contributed by atoms with Crippen LogP contribution in [0.3, 0.4) is 0 Å². The maximum absolute atomic E-state index is 12.0.